The first-order chi connectivity index (χ1) is 8.15. The number of rotatable bonds is 5. The fraction of sp³-hybridized carbons (Fsp3) is 0.333. The number of carbonyl (C=O) groups excluding carboxylic acids is 1. The van der Waals surface area contributed by atoms with Gasteiger partial charge in [-0.2, -0.15) is 5.26 Å². The molecule has 0 saturated carbocycles. The maximum absolute atomic E-state index is 13.1. The Hall–Kier alpha value is -2.09. The SMILES string of the molecule is CCCNC(=O)CNc1cc(F)cc(C#N)c1. The van der Waals surface area contributed by atoms with Crippen molar-refractivity contribution in [2.45, 2.75) is 13.3 Å². The van der Waals surface area contributed by atoms with Gasteiger partial charge in [0, 0.05) is 12.2 Å². The first-order valence-corrected chi connectivity index (χ1v) is 5.37. The zero-order valence-electron chi connectivity index (χ0n) is 9.59. The molecule has 4 nitrogen and oxygen atoms in total. The predicted molar refractivity (Wildman–Crippen MR) is 62.9 cm³/mol. The van der Waals surface area contributed by atoms with Crippen molar-refractivity contribution in [3.8, 4) is 6.07 Å². The molecule has 1 aromatic carbocycles. The van der Waals surface area contributed by atoms with Crippen LogP contribution in [-0.4, -0.2) is 19.0 Å². The van der Waals surface area contributed by atoms with E-state index < -0.39 is 5.82 Å². The van der Waals surface area contributed by atoms with Gasteiger partial charge in [-0.15, -0.1) is 0 Å². The molecule has 0 spiro atoms. The summed E-state index contributed by atoms with van der Waals surface area (Å²) < 4.78 is 13.1. The molecule has 1 rings (SSSR count). The van der Waals surface area contributed by atoms with Crippen molar-refractivity contribution in [1.82, 2.24) is 5.32 Å². The normalized spacial score (nSPS) is 9.47. The van der Waals surface area contributed by atoms with Crippen molar-refractivity contribution in [1.29, 1.82) is 5.26 Å². The molecule has 0 unspecified atom stereocenters. The Balaban J connectivity index is 2.55. The van der Waals surface area contributed by atoms with E-state index in [9.17, 15) is 9.18 Å². The Kier molecular flexibility index (Phi) is 4.95. The molecular formula is C12H14FN3O. The number of hydrogen-bond acceptors (Lipinski definition) is 3. The van der Waals surface area contributed by atoms with Crippen molar-refractivity contribution < 1.29 is 9.18 Å². The summed E-state index contributed by atoms with van der Waals surface area (Å²) in [5.41, 5.74) is 0.648. The smallest absolute Gasteiger partial charge is 0.239 e. The molecule has 0 aliphatic heterocycles. The average Bonchev–Trinajstić information content (AvgIpc) is 2.33. The summed E-state index contributed by atoms with van der Waals surface area (Å²) >= 11 is 0. The third-order valence-corrected chi connectivity index (χ3v) is 2.05. The van der Waals surface area contributed by atoms with Gasteiger partial charge in [-0.3, -0.25) is 4.79 Å². The molecule has 0 bridgehead atoms. The van der Waals surface area contributed by atoms with Crippen LogP contribution in [0, 0.1) is 17.1 Å². The number of halogens is 1. The highest BCUT2D eigenvalue weighted by Gasteiger charge is 2.03. The van der Waals surface area contributed by atoms with Gasteiger partial charge in [-0.1, -0.05) is 6.92 Å². The van der Waals surface area contributed by atoms with E-state index in [1.807, 2.05) is 13.0 Å². The highest BCUT2D eigenvalue weighted by molar-refractivity contribution is 5.80. The second-order valence-electron chi connectivity index (χ2n) is 3.54. The molecular weight excluding hydrogens is 221 g/mol. The third-order valence-electron chi connectivity index (χ3n) is 2.05. The van der Waals surface area contributed by atoms with Crippen LogP contribution in [0.1, 0.15) is 18.9 Å². The summed E-state index contributed by atoms with van der Waals surface area (Å²) in [5, 5.41) is 14.1. The van der Waals surface area contributed by atoms with Crippen LogP contribution in [0.3, 0.4) is 0 Å². The van der Waals surface area contributed by atoms with E-state index in [1.165, 1.54) is 12.1 Å². The lowest BCUT2D eigenvalue weighted by atomic mass is 10.2. The minimum absolute atomic E-state index is 0.0638. The fourth-order valence-electron chi connectivity index (χ4n) is 1.27. The van der Waals surface area contributed by atoms with E-state index >= 15 is 0 Å². The third kappa shape index (κ3) is 4.51. The Labute approximate surface area is 99.4 Å². The summed E-state index contributed by atoms with van der Waals surface area (Å²) in [6.45, 7) is 2.64. The molecule has 0 fully saturated rings. The first kappa shape index (κ1) is 13.0. The topological polar surface area (TPSA) is 64.9 Å². The zero-order chi connectivity index (χ0) is 12.7. The van der Waals surface area contributed by atoms with E-state index in [0.29, 0.717) is 12.2 Å². The Bertz CT molecular complexity index is 440. The molecule has 0 heterocycles. The van der Waals surface area contributed by atoms with Gasteiger partial charge >= 0.3 is 0 Å². The fourth-order valence-corrected chi connectivity index (χ4v) is 1.27. The molecule has 0 aliphatic carbocycles. The van der Waals surface area contributed by atoms with Gasteiger partial charge in [0.2, 0.25) is 5.91 Å². The molecule has 5 heteroatoms. The first-order valence-electron chi connectivity index (χ1n) is 5.37. The molecule has 0 saturated heterocycles. The van der Waals surface area contributed by atoms with E-state index in [-0.39, 0.29) is 18.0 Å². The van der Waals surface area contributed by atoms with Crippen LogP contribution in [0.15, 0.2) is 18.2 Å². The van der Waals surface area contributed by atoms with Crippen LogP contribution in [-0.2, 0) is 4.79 Å². The van der Waals surface area contributed by atoms with Gasteiger partial charge in [0.25, 0.3) is 0 Å². The lowest BCUT2D eigenvalue weighted by Gasteiger charge is -2.07. The molecule has 1 aromatic rings. The van der Waals surface area contributed by atoms with Gasteiger partial charge in [-0.25, -0.2) is 4.39 Å². The highest BCUT2D eigenvalue weighted by atomic mass is 19.1. The highest BCUT2D eigenvalue weighted by Crippen LogP contribution is 2.12. The maximum atomic E-state index is 13.1. The van der Waals surface area contributed by atoms with Crippen LogP contribution in [0.5, 0.6) is 0 Å². The monoisotopic (exact) mass is 235 g/mol. The van der Waals surface area contributed by atoms with Crippen LogP contribution < -0.4 is 10.6 Å². The summed E-state index contributed by atoms with van der Waals surface area (Å²) in [6, 6.07) is 5.73. The number of carbonyl (C=O) groups is 1. The second kappa shape index (κ2) is 6.48. The van der Waals surface area contributed by atoms with Crippen LogP contribution in [0.2, 0.25) is 0 Å². The van der Waals surface area contributed by atoms with Crippen molar-refractivity contribution in [3.05, 3.63) is 29.6 Å². The number of hydrogen-bond donors (Lipinski definition) is 2. The van der Waals surface area contributed by atoms with Crippen LogP contribution >= 0.6 is 0 Å². The Morgan fingerprint density at radius 1 is 1.47 bits per heavy atom. The Morgan fingerprint density at radius 2 is 2.24 bits per heavy atom. The average molecular weight is 235 g/mol. The molecule has 0 atom stereocenters. The van der Waals surface area contributed by atoms with Gasteiger partial charge in [0.1, 0.15) is 5.82 Å². The van der Waals surface area contributed by atoms with E-state index in [2.05, 4.69) is 10.6 Å². The molecule has 1 amide bonds. The van der Waals surface area contributed by atoms with Crippen LogP contribution in [0.25, 0.3) is 0 Å². The molecule has 2 N–H and O–H groups in total. The van der Waals surface area contributed by atoms with Gasteiger partial charge in [-0.05, 0) is 24.6 Å². The zero-order valence-corrected chi connectivity index (χ0v) is 9.59. The maximum Gasteiger partial charge on any atom is 0.239 e. The summed E-state index contributed by atoms with van der Waals surface area (Å²) in [6.07, 6.45) is 0.865. The summed E-state index contributed by atoms with van der Waals surface area (Å²) in [4.78, 5) is 11.3. The van der Waals surface area contributed by atoms with Crippen molar-refractivity contribution >= 4 is 11.6 Å². The molecule has 0 aromatic heterocycles. The van der Waals surface area contributed by atoms with E-state index in [4.69, 9.17) is 5.26 Å². The van der Waals surface area contributed by atoms with Gasteiger partial charge < -0.3 is 10.6 Å². The van der Waals surface area contributed by atoms with Crippen LogP contribution in [0.4, 0.5) is 10.1 Å². The quantitative estimate of drug-likeness (QED) is 0.815. The number of anilines is 1. The molecule has 0 radical (unpaired) electrons. The number of benzene rings is 1. The number of nitrogens with one attached hydrogen (secondary N) is 2. The second-order valence-corrected chi connectivity index (χ2v) is 3.54. The van der Waals surface area contributed by atoms with Gasteiger partial charge in [0.15, 0.2) is 0 Å². The minimum atomic E-state index is -0.500. The summed E-state index contributed by atoms with van der Waals surface area (Å²) in [7, 11) is 0. The molecule has 17 heavy (non-hydrogen) atoms. The Morgan fingerprint density at radius 3 is 2.88 bits per heavy atom. The standard InChI is InChI=1S/C12H14FN3O/c1-2-3-15-12(17)8-16-11-5-9(7-14)4-10(13)6-11/h4-6,16H,2-3,8H2,1H3,(H,15,17). The number of amides is 1. The number of nitriles is 1. The largest absolute Gasteiger partial charge is 0.376 e. The van der Waals surface area contributed by atoms with Gasteiger partial charge in [0.05, 0.1) is 18.2 Å². The summed E-state index contributed by atoms with van der Waals surface area (Å²) in [5.74, 6) is -0.657. The van der Waals surface area contributed by atoms with Crippen molar-refractivity contribution in [2.75, 3.05) is 18.4 Å². The van der Waals surface area contributed by atoms with E-state index in [1.54, 1.807) is 0 Å². The molecule has 0 aliphatic rings. The minimum Gasteiger partial charge on any atom is -0.376 e. The molecule has 90 valence electrons. The lowest BCUT2D eigenvalue weighted by molar-refractivity contribution is -0.119. The predicted octanol–water partition coefficient (Wildman–Crippen LogP) is 1.64. The van der Waals surface area contributed by atoms with Crippen molar-refractivity contribution in [3.63, 3.8) is 0 Å². The number of nitrogens with zero attached hydrogens (tertiary/aromatic N) is 1. The van der Waals surface area contributed by atoms with E-state index in [0.717, 1.165) is 12.5 Å². The lowest BCUT2D eigenvalue weighted by Crippen LogP contribution is -2.30. The van der Waals surface area contributed by atoms with Crippen molar-refractivity contribution in [2.24, 2.45) is 0 Å².